The van der Waals surface area contributed by atoms with Gasteiger partial charge in [-0.2, -0.15) is 0 Å². The van der Waals surface area contributed by atoms with Crippen LogP contribution in [0.2, 0.25) is 0 Å². The molecule has 1 amide bonds. The van der Waals surface area contributed by atoms with Gasteiger partial charge in [-0.15, -0.1) is 0 Å². The fourth-order valence-electron chi connectivity index (χ4n) is 0.997. The average Bonchev–Trinajstić information content (AvgIpc) is 2.10. The highest BCUT2D eigenvalue weighted by molar-refractivity contribution is 7.80. The van der Waals surface area contributed by atoms with E-state index in [0.717, 1.165) is 25.9 Å². The van der Waals surface area contributed by atoms with Crippen molar-refractivity contribution in [1.82, 2.24) is 5.32 Å². The van der Waals surface area contributed by atoms with Crippen LogP contribution in [0.25, 0.3) is 0 Å². The van der Waals surface area contributed by atoms with Crippen LogP contribution in [0.4, 0.5) is 0 Å². The SMILES string of the molecule is COCCCCCNC(=O)CC(N)=S. The second kappa shape index (κ2) is 8.90. The van der Waals surface area contributed by atoms with E-state index in [1.165, 1.54) is 0 Å². The molecule has 0 rings (SSSR count). The molecule has 5 heteroatoms. The molecule has 0 atom stereocenters. The van der Waals surface area contributed by atoms with Crippen LogP contribution >= 0.6 is 12.2 Å². The third-order valence-electron chi connectivity index (χ3n) is 1.68. The number of nitrogens with two attached hydrogens (primary N) is 1. The molecular weight excluding hydrogens is 200 g/mol. The number of rotatable bonds is 8. The zero-order valence-corrected chi connectivity index (χ0v) is 9.36. The monoisotopic (exact) mass is 218 g/mol. The molecule has 0 aliphatic rings. The van der Waals surface area contributed by atoms with Crippen LogP contribution in [-0.2, 0) is 9.53 Å². The molecule has 0 aromatic carbocycles. The molecule has 0 saturated heterocycles. The molecular formula is C9H18N2O2S. The summed E-state index contributed by atoms with van der Waals surface area (Å²) in [6, 6.07) is 0. The maximum absolute atomic E-state index is 11.0. The molecule has 0 spiro atoms. The molecule has 0 heterocycles. The van der Waals surface area contributed by atoms with Crippen LogP contribution in [0.15, 0.2) is 0 Å². The molecule has 0 aliphatic carbocycles. The maximum atomic E-state index is 11.0. The Balaban J connectivity index is 3.19. The number of amides is 1. The van der Waals surface area contributed by atoms with Gasteiger partial charge in [-0.25, -0.2) is 0 Å². The van der Waals surface area contributed by atoms with E-state index in [1.54, 1.807) is 7.11 Å². The lowest BCUT2D eigenvalue weighted by molar-refractivity contribution is -0.119. The quantitative estimate of drug-likeness (QED) is 0.462. The Morgan fingerprint density at radius 2 is 2.14 bits per heavy atom. The van der Waals surface area contributed by atoms with Crippen LogP contribution in [0.3, 0.4) is 0 Å². The number of ether oxygens (including phenoxy) is 1. The molecule has 0 saturated carbocycles. The van der Waals surface area contributed by atoms with Gasteiger partial charge in [0.15, 0.2) is 0 Å². The van der Waals surface area contributed by atoms with Gasteiger partial charge < -0.3 is 15.8 Å². The number of hydrogen-bond donors (Lipinski definition) is 2. The number of methoxy groups -OCH3 is 1. The normalized spacial score (nSPS) is 9.79. The Bertz CT molecular complexity index is 186. The van der Waals surface area contributed by atoms with Gasteiger partial charge in [-0.1, -0.05) is 12.2 Å². The Morgan fingerprint density at radius 1 is 1.43 bits per heavy atom. The summed E-state index contributed by atoms with van der Waals surface area (Å²) in [4.78, 5) is 11.3. The number of thiocarbonyl (C=S) groups is 1. The molecule has 0 radical (unpaired) electrons. The average molecular weight is 218 g/mol. The van der Waals surface area contributed by atoms with E-state index >= 15 is 0 Å². The van der Waals surface area contributed by atoms with Gasteiger partial charge in [0.05, 0.1) is 11.4 Å². The van der Waals surface area contributed by atoms with Crippen molar-refractivity contribution < 1.29 is 9.53 Å². The third-order valence-corrected chi connectivity index (χ3v) is 1.83. The summed E-state index contributed by atoms with van der Waals surface area (Å²) < 4.78 is 4.90. The molecule has 0 unspecified atom stereocenters. The minimum atomic E-state index is -0.0933. The van der Waals surface area contributed by atoms with Gasteiger partial charge in [0.25, 0.3) is 0 Å². The number of carbonyl (C=O) groups is 1. The molecule has 82 valence electrons. The van der Waals surface area contributed by atoms with Crippen molar-refractivity contribution in [3.05, 3.63) is 0 Å². The lowest BCUT2D eigenvalue weighted by atomic mass is 10.2. The molecule has 14 heavy (non-hydrogen) atoms. The molecule has 0 aromatic rings. The van der Waals surface area contributed by atoms with Crippen molar-refractivity contribution in [3.8, 4) is 0 Å². The second-order valence-corrected chi connectivity index (χ2v) is 3.57. The summed E-state index contributed by atoms with van der Waals surface area (Å²) in [5.41, 5.74) is 5.22. The van der Waals surface area contributed by atoms with Crippen LogP contribution in [-0.4, -0.2) is 31.2 Å². The van der Waals surface area contributed by atoms with Gasteiger partial charge in [0.1, 0.15) is 0 Å². The zero-order chi connectivity index (χ0) is 10.8. The van der Waals surface area contributed by atoms with Gasteiger partial charge in [-0.05, 0) is 19.3 Å². The first-order valence-corrected chi connectivity index (χ1v) is 5.11. The lowest BCUT2D eigenvalue weighted by Crippen LogP contribution is -2.28. The van der Waals surface area contributed by atoms with Crippen LogP contribution < -0.4 is 11.1 Å². The highest BCUT2D eigenvalue weighted by Crippen LogP contribution is 1.93. The fraction of sp³-hybridized carbons (Fsp3) is 0.778. The van der Waals surface area contributed by atoms with E-state index < -0.39 is 0 Å². The summed E-state index contributed by atoms with van der Waals surface area (Å²) in [6.07, 6.45) is 3.20. The Labute approximate surface area is 90.2 Å². The van der Waals surface area contributed by atoms with Crippen LogP contribution in [0.1, 0.15) is 25.7 Å². The van der Waals surface area contributed by atoms with E-state index in [9.17, 15) is 4.79 Å². The minimum absolute atomic E-state index is 0.0933. The number of hydrogen-bond acceptors (Lipinski definition) is 3. The van der Waals surface area contributed by atoms with Gasteiger partial charge in [0, 0.05) is 20.3 Å². The molecule has 0 aliphatic heterocycles. The minimum Gasteiger partial charge on any atom is -0.393 e. The smallest absolute Gasteiger partial charge is 0.226 e. The Morgan fingerprint density at radius 3 is 2.71 bits per heavy atom. The number of nitrogens with one attached hydrogen (secondary N) is 1. The van der Waals surface area contributed by atoms with E-state index in [2.05, 4.69) is 17.5 Å². The predicted molar refractivity (Wildman–Crippen MR) is 60.1 cm³/mol. The Kier molecular flexibility index (Phi) is 8.47. The van der Waals surface area contributed by atoms with Crippen molar-refractivity contribution in [1.29, 1.82) is 0 Å². The first-order chi connectivity index (χ1) is 6.66. The Hall–Kier alpha value is -0.680. The van der Waals surface area contributed by atoms with E-state index in [0.29, 0.717) is 6.54 Å². The molecule has 0 fully saturated rings. The summed E-state index contributed by atoms with van der Waals surface area (Å²) in [7, 11) is 1.68. The van der Waals surface area contributed by atoms with E-state index in [4.69, 9.17) is 10.5 Å². The summed E-state index contributed by atoms with van der Waals surface area (Å²) >= 11 is 4.61. The first kappa shape index (κ1) is 13.3. The number of unbranched alkanes of at least 4 members (excludes halogenated alkanes) is 2. The molecule has 0 aromatic heterocycles. The largest absolute Gasteiger partial charge is 0.393 e. The fourth-order valence-corrected chi connectivity index (χ4v) is 1.13. The van der Waals surface area contributed by atoms with Crippen molar-refractivity contribution in [2.24, 2.45) is 5.73 Å². The van der Waals surface area contributed by atoms with E-state index in [-0.39, 0.29) is 17.3 Å². The van der Waals surface area contributed by atoms with Crippen LogP contribution in [0.5, 0.6) is 0 Å². The van der Waals surface area contributed by atoms with Crippen molar-refractivity contribution >= 4 is 23.1 Å². The third kappa shape index (κ3) is 9.41. The first-order valence-electron chi connectivity index (χ1n) is 4.70. The van der Waals surface area contributed by atoms with Gasteiger partial charge >= 0.3 is 0 Å². The number of carbonyl (C=O) groups excluding carboxylic acids is 1. The molecule has 3 N–H and O–H groups in total. The van der Waals surface area contributed by atoms with Crippen molar-refractivity contribution in [2.75, 3.05) is 20.3 Å². The topological polar surface area (TPSA) is 64.3 Å². The van der Waals surface area contributed by atoms with Gasteiger partial charge in [-0.3, -0.25) is 4.79 Å². The van der Waals surface area contributed by atoms with E-state index in [1.807, 2.05) is 0 Å². The van der Waals surface area contributed by atoms with Gasteiger partial charge in [0.2, 0.25) is 5.91 Å². The highest BCUT2D eigenvalue weighted by atomic mass is 32.1. The van der Waals surface area contributed by atoms with Crippen molar-refractivity contribution in [2.45, 2.75) is 25.7 Å². The summed E-state index contributed by atoms with van der Waals surface area (Å²) in [6.45, 7) is 1.46. The zero-order valence-electron chi connectivity index (χ0n) is 8.54. The highest BCUT2D eigenvalue weighted by Gasteiger charge is 2.00. The van der Waals surface area contributed by atoms with Crippen LogP contribution in [0, 0.1) is 0 Å². The lowest BCUT2D eigenvalue weighted by Gasteiger charge is -2.03. The standard InChI is InChI=1S/C9H18N2O2S/c1-13-6-4-2-3-5-11-9(12)7-8(10)14/h2-7H2,1H3,(H2,10,14)(H,11,12). The summed E-state index contributed by atoms with van der Waals surface area (Å²) in [5, 5.41) is 2.74. The molecule has 4 nitrogen and oxygen atoms in total. The maximum Gasteiger partial charge on any atom is 0.226 e. The molecule has 0 bridgehead atoms. The second-order valence-electron chi connectivity index (χ2n) is 3.05. The van der Waals surface area contributed by atoms with Crippen molar-refractivity contribution in [3.63, 3.8) is 0 Å². The summed E-state index contributed by atoms with van der Waals surface area (Å²) in [5.74, 6) is -0.0933. The predicted octanol–water partition coefficient (Wildman–Crippen LogP) is 0.596.